The lowest BCUT2D eigenvalue weighted by Gasteiger charge is -2.17. The van der Waals surface area contributed by atoms with Crippen molar-refractivity contribution in [3.8, 4) is 5.75 Å². The Morgan fingerprint density at radius 1 is 1.24 bits per heavy atom. The number of benzene rings is 1. The Hall–Kier alpha value is -1.88. The van der Waals surface area contributed by atoms with Crippen LogP contribution in [0.4, 0.5) is 16.0 Å². The van der Waals surface area contributed by atoms with Gasteiger partial charge >= 0.3 is 0 Å². The Bertz CT molecular complexity index is 678. The molecule has 0 bridgehead atoms. The molecular weight excluding hydrogens is 293 g/mol. The van der Waals surface area contributed by atoms with E-state index in [9.17, 15) is 4.39 Å². The third kappa shape index (κ3) is 2.93. The van der Waals surface area contributed by atoms with E-state index in [1.807, 2.05) is 0 Å². The molecule has 1 N–H and O–H groups in total. The molecule has 0 amide bonds. The largest absolute Gasteiger partial charge is 0.494 e. The Labute approximate surface area is 127 Å². The van der Waals surface area contributed by atoms with Crippen LogP contribution in [-0.2, 0) is 12.8 Å². The lowest BCUT2D eigenvalue weighted by Crippen LogP contribution is -2.10. The highest BCUT2D eigenvalue weighted by atomic mass is 35.5. The van der Waals surface area contributed by atoms with E-state index in [0.29, 0.717) is 16.8 Å². The fraction of sp³-hybridized carbons (Fsp3) is 0.333. The summed E-state index contributed by atoms with van der Waals surface area (Å²) < 4.78 is 18.6. The van der Waals surface area contributed by atoms with Crippen LogP contribution >= 0.6 is 11.6 Å². The summed E-state index contributed by atoms with van der Waals surface area (Å²) in [5, 5.41) is 3.47. The Morgan fingerprint density at radius 2 is 2.05 bits per heavy atom. The first-order valence-electron chi connectivity index (χ1n) is 6.83. The SMILES string of the molecule is COc1ccc(Nc2nc(Cl)c3c(n2)CCCC3)cc1F. The Kier molecular flexibility index (Phi) is 3.92. The summed E-state index contributed by atoms with van der Waals surface area (Å²) in [5.74, 6) is 0.154. The molecule has 3 rings (SSSR count). The highest BCUT2D eigenvalue weighted by molar-refractivity contribution is 6.30. The number of ether oxygens (including phenoxy) is 1. The molecule has 1 aliphatic carbocycles. The molecule has 0 spiro atoms. The van der Waals surface area contributed by atoms with Crippen molar-refractivity contribution in [2.75, 3.05) is 12.4 Å². The zero-order valence-corrected chi connectivity index (χ0v) is 12.4. The fourth-order valence-corrected chi connectivity index (χ4v) is 2.76. The van der Waals surface area contributed by atoms with E-state index in [4.69, 9.17) is 16.3 Å². The van der Waals surface area contributed by atoms with Crippen LogP contribution in [0.1, 0.15) is 24.1 Å². The van der Waals surface area contributed by atoms with Crippen LogP contribution < -0.4 is 10.1 Å². The first kappa shape index (κ1) is 14.1. The molecule has 110 valence electrons. The van der Waals surface area contributed by atoms with Crippen molar-refractivity contribution in [1.82, 2.24) is 9.97 Å². The number of aromatic nitrogens is 2. The summed E-state index contributed by atoms with van der Waals surface area (Å²) in [6, 6.07) is 4.60. The minimum Gasteiger partial charge on any atom is -0.494 e. The summed E-state index contributed by atoms with van der Waals surface area (Å²) in [5.41, 5.74) is 2.58. The summed E-state index contributed by atoms with van der Waals surface area (Å²) in [4.78, 5) is 8.72. The quantitative estimate of drug-likeness (QED) is 0.874. The van der Waals surface area contributed by atoms with Gasteiger partial charge in [-0.15, -0.1) is 0 Å². The smallest absolute Gasteiger partial charge is 0.228 e. The second-order valence-electron chi connectivity index (χ2n) is 4.94. The Morgan fingerprint density at radius 3 is 2.81 bits per heavy atom. The van der Waals surface area contributed by atoms with E-state index in [1.54, 1.807) is 12.1 Å². The van der Waals surface area contributed by atoms with Gasteiger partial charge in [0.15, 0.2) is 11.6 Å². The number of hydrogen-bond donors (Lipinski definition) is 1. The molecule has 0 unspecified atom stereocenters. The van der Waals surface area contributed by atoms with Crippen molar-refractivity contribution in [1.29, 1.82) is 0 Å². The van der Waals surface area contributed by atoms with Crippen LogP contribution in [0.25, 0.3) is 0 Å². The van der Waals surface area contributed by atoms with Gasteiger partial charge in [-0.25, -0.2) is 14.4 Å². The van der Waals surface area contributed by atoms with Crippen LogP contribution in [0.15, 0.2) is 18.2 Å². The molecule has 0 atom stereocenters. The maximum atomic E-state index is 13.7. The maximum absolute atomic E-state index is 13.7. The van der Waals surface area contributed by atoms with Crippen molar-refractivity contribution >= 4 is 23.2 Å². The molecule has 4 nitrogen and oxygen atoms in total. The van der Waals surface area contributed by atoms with Gasteiger partial charge in [-0.3, -0.25) is 0 Å². The minimum atomic E-state index is -0.438. The van der Waals surface area contributed by atoms with Gasteiger partial charge in [-0.1, -0.05) is 11.6 Å². The fourth-order valence-electron chi connectivity index (χ4n) is 2.48. The summed E-state index contributed by atoms with van der Waals surface area (Å²) in [6.07, 6.45) is 4.05. The summed E-state index contributed by atoms with van der Waals surface area (Å²) >= 11 is 6.21. The van der Waals surface area contributed by atoms with Crippen LogP contribution in [0.2, 0.25) is 5.15 Å². The number of halogens is 2. The summed E-state index contributed by atoms with van der Waals surface area (Å²) in [6.45, 7) is 0. The van der Waals surface area contributed by atoms with Gasteiger partial charge < -0.3 is 10.1 Å². The van der Waals surface area contributed by atoms with Gasteiger partial charge in [0.2, 0.25) is 5.95 Å². The van der Waals surface area contributed by atoms with Gasteiger partial charge in [0.1, 0.15) is 5.15 Å². The lowest BCUT2D eigenvalue weighted by atomic mass is 9.97. The minimum absolute atomic E-state index is 0.199. The molecule has 2 aromatic rings. The number of rotatable bonds is 3. The number of nitrogens with one attached hydrogen (secondary N) is 1. The maximum Gasteiger partial charge on any atom is 0.228 e. The zero-order valence-electron chi connectivity index (χ0n) is 11.6. The van der Waals surface area contributed by atoms with Crippen molar-refractivity contribution < 1.29 is 9.13 Å². The van der Waals surface area contributed by atoms with Gasteiger partial charge in [0.25, 0.3) is 0 Å². The second-order valence-corrected chi connectivity index (χ2v) is 5.30. The van der Waals surface area contributed by atoms with E-state index in [1.165, 1.54) is 13.2 Å². The molecule has 0 fully saturated rings. The lowest BCUT2D eigenvalue weighted by molar-refractivity contribution is 0.386. The molecule has 1 heterocycles. The number of fused-ring (bicyclic) bond motifs is 1. The van der Waals surface area contributed by atoms with Gasteiger partial charge in [-0.2, -0.15) is 0 Å². The molecule has 1 aromatic heterocycles. The standard InChI is InChI=1S/C15H15ClFN3O/c1-21-13-7-6-9(8-11(13)17)18-15-19-12-5-3-2-4-10(12)14(16)20-15/h6-8H,2-5H2,1H3,(H,18,19,20). The molecule has 0 radical (unpaired) electrons. The first-order chi connectivity index (χ1) is 10.2. The Balaban J connectivity index is 1.88. The average molecular weight is 308 g/mol. The van der Waals surface area contributed by atoms with Crippen LogP contribution in [-0.4, -0.2) is 17.1 Å². The van der Waals surface area contributed by atoms with E-state index in [-0.39, 0.29) is 5.75 Å². The number of nitrogens with zero attached hydrogens (tertiary/aromatic N) is 2. The predicted molar refractivity (Wildman–Crippen MR) is 79.9 cm³/mol. The highest BCUT2D eigenvalue weighted by Gasteiger charge is 2.16. The predicted octanol–water partition coefficient (Wildman–Crippen LogP) is 3.90. The van der Waals surface area contributed by atoms with Crippen LogP contribution in [0, 0.1) is 5.82 Å². The monoisotopic (exact) mass is 307 g/mol. The highest BCUT2D eigenvalue weighted by Crippen LogP contribution is 2.28. The third-order valence-electron chi connectivity index (χ3n) is 3.54. The molecule has 1 aromatic carbocycles. The van der Waals surface area contributed by atoms with Gasteiger partial charge in [-0.05, 0) is 37.8 Å². The average Bonchev–Trinajstić information content (AvgIpc) is 2.47. The van der Waals surface area contributed by atoms with Crippen LogP contribution in [0.5, 0.6) is 5.75 Å². The number of aryl methyl sites for hydroxylation is 1. The van der Waals surface area contributed by atoms with E-state index >= 15 is 0 Å². The van der Waals surface area contributed by atoms with E-state index in [0.717, 1.165) is 36.9 Å². The van der Waals surface area contributed by atoms with Gasteiger partial charge in [0.05, 0.1) is 12.8 Å². The number of hydrogen-bond acceptors (Lipinski definition) is 4. The zero-order chi connectivity index (χ0) is 14.8. The second kappa shape index (κ2) is 5.85. The van der Waals surface area contributed by atoms with Crippen molar-refractivity contribution in [2.45, 2.75) is 25.7 Å². The van der Waals surface area contributed by atoms with Crippen LogP contribution in [0.3, 0.4) is 0 Å². The number of anilines is 2. The van der Waals surface area contributed by atoms with Crippen molar-refractivity contribution in [2.24, 2.45) is 0 Å². The normalized spacial score (nSPS) is 13.7. The van der Waals surface area contributed by atoms with Gasteiger partial charge in [0, 0.05) is 17.3 Å². The van der Waals surface area contributed by atoms with Crippen molar-refractivity contribution in [3.05, 3.63) is 40.4 Å². The molecule has 0 saturated heterocycles. The third-order valence-corrected chi connectivity index (χ3v) is 3.85. The summed E-state index contributed by atoms with van der Waals surface area (Å²) in [7, 11) is 1.43. The topological polar surface area (TPSA) is 47.0 Å². The number of methoxy groups -OCH3 is 1. The molecule has 6 heteroatoms. The van der Waals surface area contributed by atoms with Crippen molar-refractivity contribution in [3.63, 3.8) is 0 Å². The van der Waals surface area contributed by atoms with E-state index < -0.39 is 5.82 Å². The first-order valence-corrected chi connectivity index (χ1v) is 7.21. The van der Waals surface area contributed by atoms with E-state index in [2.05, 4.69) is 15.3 Å². The molecular formula is C15H15ClFN3O. The molecule has 1 aliphatic rings. The molecule has 0 saturated carbocycles. The molecule has 21 heavy (non-hydrogen) atoms. The molecule has 0 aliphatic heterocycles.